The van der Waals surface area contributed by atoms with Crippen molar-refractivity contribution in [2.24, 2.45) is 0 Å². The fraction of sp³-hybridized carbons (Fsp3) is 0.552. The van der Waals surface area contributed by atoms with E-state index in [0.29, 0.717) is 54.1 Å². The molecule has 8 nitrogen and oxygen atoms in total. The summed E-state index contributed by atoms with van der Waals surface area (Å²) in [5, 5.41) is 21.7. The molecule has 39 heavy (non-hydrogen) atoms. The molecule has 0 unspecified atom stereocenters. The number of aliphatic hydroxyl groups is 1. The summed E-state index contributed by atoms with van der Waals surface area (Å²) in [5.41, 5.74) is 2.65. The van der Waals surface area contributed by atoms with Crippen LogP contribution >= 0.6 is 22.4 Å². The molecule has 0 bridgehead atoms. The van der Waals surface area contributed by atoms with Crippen LogP contribution in [0.1, 0.15) is 67.8 Å². The highest BCUT2D eigenvalue weighted by Gasteiger charge is 2.29. The van der Waals surface area contributed by atoms with Crippen molar-refractivity contribution in [2.45, 2.75) is 76.5 Å². The van der Waals surface area contributed by atoms with E-state index < -0.39 is 22.9 Å². The van der Waals surface area contributed by atoms with Gasteiger partial charge in [-0.1, -0.05) is 43.0 Å². The van der Waals surface area contributed by atoms with Gasteiger partial charge in [0, 0.05) is 41.9 Å². The molecule has 6 N–H and O–H groups in total. The fourth-order valence-corrected chi connectivity index (χ4v) is 7.38. The second-order valence-electron chi connectivity index (χ2n) is 10.7. The van der Waals surface area contributed by atoms with Crippen molar-refractivity contribution in [3.63, 3.8) is 0 Å². The number of nitrogens with zero attached hydrogens (tertiary/aromatic N) is 1. The monoisotopic (exact) mass is 578 g/mol. The molecular weight excluding hydrogens is 536 g/mol. The van der Waals surface area contributed by atoms with Crippen LogP contribution in [0.3, 0.4) is 0 Å². The Kier molecular flexibility index (Phi) is 10.8. The summed E-state index contributed by atoms with van der Waals surface area (Å²) in [6, 6.07) is 12.6. The van der Waals surface area contributed by atoms with E-state index in [1.807, 2.05) is 31.2 Å². The quantitative estimate of drug-likeness (QED) is 0.204. The number of carbonyl (C=O) groups excluding carboxylic acids is 1. The number of hydrogen-bond acceptors (Lipinski definition) is 7. The lowest BCUT2D eigenvalue weighted by atomic mass is 9.95. The molecule has 10 heteroatoms. The molecule has 1 heterocycles. The van der Waals surface area contributed by atoms with Crippen molar-refractivity contribution in [1.82, 2.24) is 10.6 Å². The van der Waals surface area contributed by atoms with Crippen LogP contribution in [-0.4, -0.2) is 63.7 Å². The first-order valence-corrected chi connectivity index (χ1v) is 16.2. The van der Waals surface area contributed by atoms with Gasteiger partial charge in [-0.2, -0.15) is 0 Å². The van der Waals surface area contributed by atoms with Crippen LogP contribution < -0.4 is 20.3 Å². The second-order valence-corrected chi connectivity index (χ2v) is 13.2. The van der Waals surface area contributed by atoms with E-state index >= 15 is 0 Å². The molecule has 1 aliphatic heterocycles. The molecule has 0 aromatic heterocycles. The zero-order chi connectivity index (χ0) is 27.8. The minimum Gasteiger partial charge on any atom is -0.390 e. The summed E-state index contributed by atoms with van der Waals surface area (Å²) in [6.45, 7) is 3.52. The standard InChI is InChI=1S/C29H43ClN4O4S/c1-2-31-25-17-22(18-26(19-25)34-13-6-7-14-39(34,37)38)29(36)33-27(16-21-9-8-10-23(30)15-21)28(35)20-32-24-11-4-3-5-12-24/h8-10,15,17-19,24,27-28,31-32,35,37-38H,2-7,11-14,16,20H2,1H3,(H,33,36)/t27-,28-/m0/s1. The number of anilines is 2. The van der Waals surface area contributed by atoms with Gasteiger partial charge in [0.15, 0.2) is 0 Å². The van der Waals surface area contributed by atoms with Crippen LogP contribution in [0.5, 0.6) is 0 Å². The van der Waals surface area contributed by atoms with Crippen LogP contribution in [0, 0.1) is 0 Å². The van der Waals surface area contributed by atoms with Crippen molar-refractivity contribution in [1.29, 1.82) is 0 Å². The number of hydrogen-bond donors (Lipinski definition) is 6. The van der Waals surface area contributed by atoms with E-state index in [-0.39, 0.29) is 5.91 Å². The number of amides is 1. The Hall–Kier alpha value is -2.01. The summed E-state index contributed by atoms with van der Waals surface area (Å²) in [4.78, 5) is 13.6. The minimum atomic E-state index is -2.94. The normalized spacial score (nSPS) is 20.2. The van der Waals surface area contributed by atoms with Crippen molar-refractivity contribution in [3.8, 4) is 0 Å². The number of benzene rings is 2. The first-order chi connectivity index (χ1) is 18.7. The molecule has 1 saturated heterocycles. The lowest BCUT2D eigenvalue weighted by Crippen LogP contribution is -2.50. The first-order valence-electron chi connectivity index (χ1n) is 14.1. The van der Waals surface area contributed by atoms with Crippen LogP contribution in [0.15, 0.2) is 42.5 Å². The van der Waals surface area contributed by atoms with Crippen LogP contribution in [0.25, 0.3) is 0 Å². The zero-order valence-corrected chi connectivity index (χ0v) is 24.3. The molecule has 2 fully saturated rings. The zero-order valence-electron chi connectivity index (χ0n) is 22.7. The molecule has 4 rings (SSSR count). The molecule has 2 atom stereocenters. The molecule has 0 spiro atoms. The van der Waals surface area contributed by atoms with Gasteiger partial charge < -0.3 is 21.1 Å². The molecule has 1 saturated carbocycles. The Labute approximate surface area is 239 Å². The Morgan fingerprint density at radius 3 is 2.62 bits per heavy atom. The fourth-order valence-electron chi connectivity index (χ4n) is 5.49. The van der Waals surface area contributed by atoms with Gasteiger partial charge in [0.2, 0.25) is 0 Å². The molecule has 1 aliphatic carbocycles. The topological polar surface area (TPSA) is 117 Å². The largest absolute Gasteiger partial charge is 0.390 e. The van der Waals surface area contributed by atoms with E-state index in [4.69, 9.17) is 11.6 Å². The first kappa shape index (κ1) is 30.0. The summed E-state index contributed by atoms with van der Waals surface area (Å²) in [6.07, 6.45) is 7.09. The summed E-state index contributed by atoms with van der Waals surface area (Å²) >= 11 is 6.22. The maximum Gasteiger partial charge on any atom is 0.251 e. The van der Waals surface area contributed by atoms with Crippen molar-refractivity contribution in [3.05, 3.63) is 58.6 Å². The maximum atomic E-state index is 13.6. The minimum absolute atomic E-state index is 0.321. The van der Waals surface area contributed by atoms with E-state index in [1.165, 1.54) is 19.3 Å². The van der Waals surface area contributed by atoms with Crippen LogP contribution in [0.4, 0.5) is 11.4 Å². The smallest absolute Gasteiger partial charge is 0.251 e. The number of halogens is 1. The van der Waals surface area contributed by atoms with Gasteiger partial charge in [0.25, 0.3) is 5.91 Å². The Balaban J connectivity index is 1.55. The van der Waals surface area contributed by atoms with Gasteiger partial charge in [-0.25, -0.2) is 0 Å². The van der Waals surface area contributed by atoms with Gasteiger partial charge >= 0.3 is 0 Å². The summed E-state index contributed by atoms with van der Waals surface area (Å²) in [7, 11) is -2.94. The lowest BCUT2D eigenvalue weighted by molar-refractivity contribution is 0.0821. The van der Waals surface area contributed by atoms with Crippen molar-refractivity contribution >= 4 is 39.7 Å². The predicted molar refractivity (Wildman–Crippen MR) is 162 cm³/mol. The SMILES string of the molecule is CCNc1cc(C(=O)N[C@@H](Cc2cccc(Cl)c2)[C@@H](O)CNC2CCCCC2)cc(N2CCCCS2(O)O)c1. The molecule has 2 aliphatic rings. The van der Waals surface area contributed by atoms with Crippen molar-refractivity contribution in [2.75, 3.05) is 35.0 Å². The Morgan fingerprint density at radius 2 is 1.90 bits per heavy atom. The molecule has 2 aromatic rings. The van der Waals surface area contributed by atoms with Gasteiger partial charge in [-0.05, 0) is 74.9 Å². The lowest BCUT2D eigenvalue weighted by Gasteiger charge is -2.47. The average molecular weight is 579 g/mol. The third-order valence-corrected chi connectivity index (χ3v) is 9.75. The molecular formula is C29H43ClN4O4S. The molecule has 0 radical (unpaired) electrons. The highest BCUT2D eigenvalue weighted by Crippen LogP contribution is 2.50. The van der Waals surface area contributed by atoms with Crippen LogP contribution in [0.2, 0.25) is 5.02 Å². The Bertz CT molecular complexity index is 1100. The maximum absolute atomic E-state index is 13.6. The molecule has 1 amide bonds. The third-order valence-electron chi connectivity index (χ3n) is 7.58. The van der Waals surface area contributed by atoms with Gasteiger partial charge in [-0.15, -0.1) is 10.8 Å². The molecule has 216 valence electrons. The van der Waals surface area contributed by atoms with E-state index in [2.05, 4.69) is 16.0 Å². The summed E-state index contributed by atoms with van der Waals surface area (Å²) < 4.78 is 23.0. The Morgan fingerprint density at radius 1 is 1.10 bits per heavy atom. The van der Waals surface area contributed by atoms with Gasteiger partial charge in [0.1, 0.15) is 0 Å². The van der Waals surface area contributed by atoms with E-state index in [0.717, 1.165) is 36.9 Å². The number of nitrogens with one attached hydrogen (secondary N) is 3. The van der Waals surface area contributed by atoms with E-state index in [1.54, 1.807) is 22.5 Å². The second kappa shape index (κ2) is 14.1. The van der Waals surface area contributed by atoms with Crippen LogP contribution in [-0.2, 0) is 6.42 Å². The predicted octanol–water partition coefficient (Wildman–Crippen LogP) is 5.66. The highest BCUT2D eigenvalue weighted by molar-refractivity contribution is 8.25. The van der Waals surface area contributed by atoms with E-state index in [9.17, 15) is 19.0 Å². The van der Waals surface area contributed by atoms with Crippen molar-refractivity contribution < 1.29 is 19.0 Å². The number of rotatable bonds is 11. The number of aliphatic hydroxyl groups excluding tert-OH is 1. The summed E-state index contributed by atoms with van der Waals surface area (Å²) in [5.74, 6) is -0.00442. The third kappa shape index (κ3) is 8.49. The number of carbonyl (C=O) groups is 1. The average Bonchev–Trinajstić information content (AvgIpc) is 2.91. The van der Waals surface area contributed by atoms with Gasteiger partial charge in [0.05, 0.1) is 23.6 Å². The van der Waals surface area contributed by atoms with Gasteiger partial charge in [-0.3, -0.25) is 18.2 Å². The highest BCUT2D eigenvalue weighted by atomic mass is 35.5. The molecule has 2 aromatic carbocycles.